The number of imidazole rings is 1. The SMILES string of the molecule is C=CC(=O)N1CCn2c(C(C)=O)cnc2C1.CCc1cc(C(=O)Nc2cccc(C(F)(F)F)c2)ccc1Cl. The summed E-state index contributed by atoms with van der Waals surface area (Å²) in [5.74, 6) is 0.179. The van der Waals surface area contributed by atoms with Gasteiger partial charge in [0.05, 0.1) is 18.3 Å². The number of amides is 2. The molecule has 38 heavy (non-hydrogen) atoms. The normalized spacial score (nSPS) is 12.6. The fourth-order valence-electron chi connectivity index (χ4n) is 3.82. The van der Waals surface area contributed by atoms with Crippen LogP contribution in [0.2, 0.25) is 5.02 Å². The smallest absolute Gasteiger partial charge is 0.330 e. The first-order chi connectivity index (χ1) is 17.9. The molecular formula is C27H26ClF3N4O3. The summed E-state index contributed by atoms with van der Waals surface area (Å²) in [4.78, 5) is 40.7. The summed E-state index contributed by atoms with van der Waals surface area (Å²) in [5, 5.41) is 3.01. The van der Waals surface area contributed by atoms with Gasteiger partial charge in [-0.05, 0) is 54.5 Å². The molecule has 0 saturated carbocycles. The highest BCUT2D eigenvalue weighted by Crippen LogP contribution is 2.31. The number of halogens is 4. The summed E-state index contributed by atoms with van der Waals surface area (Å²) in [6, 6.07) is 9.26. The van der Waals surface area contributed by atoms with Crippen molar-refractivity contribution in [2.45, 2.75) is 39.5 Å². The highest BCUT2D eigenvalue weighted by Gasteiger charge is 2.30. The number of nitrogens with zero attached hydrogens (tertiary/aromatic N) is 3. The van der Waals surface area contributed by atoms with E-state index >= 15 is 0 Å². The number of hydrogen-bond donors (Lipinski definition) is 1. The number of hydrogen-bond acceptors (Lipinski definition) is 4. The molecule has 1 aliphatic rings. The van der Waals surface area contributed by atoms with Crippen LogP contribution < -0.4 is 5.32 Å². The van der Waals surface area contributed by atoms with Crippen LogP contribution in [0.1, 0.15) is 51.6 Å². The number of fused-ring (bicyclic) bond motifs is 1. The Morgan fingerprint density at radius 3 is 2.53 bits per heavy atom. The van der Waals surface area contributed by atoms with Crippen LogP contribution in [0.5, 0.6) is 0 Å². The minimum atomic E-state index is -4.45. The van der Waals surface area contributed by atoms with Crippen molar-refractivity contribution in [3.05, 3.63) is 94.5 Å². The second-order valence-corrected chi connectivity index (χ2v) is 8.83. The van der Waals surface area contributed by atoms with Gasteiger partial charge in [-0.25, -0.2) is 4.98 Å². The van der Waals surface area contributed by atoms with E-state index in [0.29, 0.717) is 42.3 Å². The molecule has 0 radical (unpaired) electrons. The number of nitrogens with one attached hydrogen (secondary N) is 1. The third-order valence-corrected chi connectivity index (χ3v) is 6.22. The number of carbonyl (C=O) groups is 3. The second kappa shape index (κ2) is 12.1. The molecule has 2 amide bonds. The lowest BCUT2D eigenvalue weighted by atomic mass is 10.1. The standard InChI is InChI=1S/C16H13ClF3NO.C11H13N3O2/c1-2-10-8-11(6-7-14(10)17)15(22)21-13-5-3-4-12(9-13)16(18,19)20;1-3-11(16)13-4-5-14-9(8(2)15)6-12-10(14)7-13/h3-9H,2H2,1H3,(H,21,22);3,6H,1,4-5,7H2,2H3. The van der Waals surface area contributed by atoms with E-state index in [1.165, 1.54) is 31.2 Å². The number of ketones is 1. The summed E-state index contributed by atoms with van der Waals surface area (Å²) in [6.07, 6.45) is -0.927. The summed E-state index contributed by atoms with van der Waals surface area (Å²) >= 11 is 5.98. The van der Waals surface area contributed by atoms with Gasteiger partial charge in [0.25, 0.3) is 5.91 Å². The highest BCUT2D eigenvalue weighted by atomic mass is 35.5. The van der Waals surface area contributed by atoms with Gasteiger partial charge in [-0.2, -0.15) is 13.2 Å². The van der Waals surface area contributed by atoms with Gasteiger partial charge in [0.2, 0.25) is 5.91 Å². The van der Waals surface area contributed by atoms with E-state index in [1.54, 1.807) is 23.2 Å². The van der Waals surface area contributed by atoms with Crippen molar-refractivity contribution in [2.24, 2.45) is 0 Å². The quantitative estimate of drug-likeness (QED) is 0.324. The molecule has 1 aromatic heterocycles. The maximum Gasteiger partial charge on any atom is 0.416 e. The first kappa shape index (κ1) is 28.6. The monoisotopic (exact) mass is 546 g/mol. The fraction of sp³-hybridized carbons (Fsp3) is 0.259. The van der Waals surface area contributed by atoms with Gasteiger partial charge in [-0.3, -0.25) is 14.4 Å². The van der Waals surface area contributed by atoms with E-state index < -0.39 is 17.6 Å². The number of rotatable bonds is 5. The van der Waals surface area contributed by atoms with Crippen LogP contribution in [0.15, 0.2) is 61.3 Å². The van der Waals surface area contributed by atoms with Crippen LogP contribution in [0.3, 0.4) is 0 Å². The molecule has 1 aliphatic heterocycles. The van der Waals surface area contributed by atoms with Gasteiger partial charge in [-0.1, -0.05) is 31.2 Å². The second-order valence-electron chi connectivity index (χ2n) is 8.42. The Labute approximate surface area is 222 Å². The van der Waals surface area contributed by atoms with Crippen LogP contribution in [-0.4, -0.2) is 38.6 Å². The molecule has 2 heterocycles. The van der Waals surface area contributed by atoms with Crippen molar-refractivity contribution in [3.8, 4) is 0 Å². The highest BCUT2D eigenvalue weighted by molar-refractivity contribution is 6.31. The molecule has 3 aromatic rings. The molecule has 0 aliphatic carbocycles. The average Bonchev–Trinajstić information content (AvgIpc) is 3.32. The molecule has 1 N–H and O–H groups in total. The molecule has 2 aromatic carbocycles. The summed E-state index contributed by atoms with van der Waals surface area (Å²) in [7, 11) is 0. The van der Waals surface area contributed by atoms with Crippen LogP contribution >= 0.6 is 11.6 Å². The Kier molecular flexibility index (Phi) is 9.11. The molecule has 0 bridgehead atoms. The van der Waals surface area contributed by atoms with Crippen molar-refractivity contribution < 1.29 is 27.6 Å². The van der Waals surface area contributed by atoms with Crippen LogP contribution in [0.4, 0.5) is 18.9 Å². The predicted octanol–water partition coefficient (Wildman–Crippen LogP) is 5.79. The lowest BCUT2D eigenvalue weighted by molar-refractivity contribution is -0.137. The number of benzene rings is 2. The molecule has 0 unspecified atom stereocenters. The zero-order valence-corrected chi connectivity index (χ0v) is 21.6. The van der Waals surface area contributed by atoms with Gasteiger partial charge < -0.3 is 14.8 Å². The zero-order chi connectivity index (χ0) is 28.0. The first-order valence-electron chi connectivity index (χ1n) is 11.7. The number of aromatic nitrogens is 2. The van der Waals surface area contributed by atoms with E-state index in [4.69, 9.17) is 11.6 Å². The van der Waals surface area contributed by atoms with Gasteiger partial charge in [-0.15, -0.1) is 0 Å². The molecule has 200 valence electrons. The molecule has 0 spiro atoms. The maximum absolute atomic E-state index is 12.6. The van der Waals surface area contributed by atoms with Crippen molar-refractivity contribution >= 4 is 34.9 Å². The Hall–Kier alpha value is -3.92. The van der Waals surface area contributed by atoms with E-state index in [2.05, 4.69) is 16.9 Å². The topological polar surface area (TPSA) is 84.3 Å². The summed E-state index contributed by atoms with van der Waals surface area (Å²) in [6.45, 7) is 8.52. The summed E-state index contributed by atoms with van der Waals surface area (Å²) in [5.41, 5.74) is 1.04. The minimum absolute atomic E-state index is 0.00208. The summed E-state index contributed by atoms with van der Waals surface area (Å²) < 4.78 is 39.8. The third kappa shape index (κ3) is 6.89. The van der Waals surface area contributed by atoms with E-state index in [-0.39, 0.29) is 17.4 Å². The number of aryl methyl sites for hydroxylation is 1. The number of alkyl halides is 3. The third-order valence-electron chi connectivity index (χ3n) is 5.85. The molecule has 0 saturated heterocycles. The Morgan fingerprint density at radius 2 is 1.89 bits per heavy atom. The fourth-order valence-corrected chi connectivity index (χ4v) is 4.07. The largest absolute Gasteiger partial charge is 0.416 e. The maximum atomic E-state index is 12.6. The van der Waals surface area contributed by atoms with Gasteiger partial charge >= 0.3 is 6.18 Å². The molecule has 0 fully saturated rings. The van der Waals surface area contributed by atoms with Gasteiger partial charge in [0.1, 0.15) is 11.5 Å². The van der Waals surface area contributed by atoms with Crippen molar-refractivity contribution in [3.63, 3.8) is 0 Å². The minimum Gasteiger partial charge on any atom is -0.330 e. The molecule has 11 heteroatoms. The van der Waals surface area contributed by atoms with Crippen LogP contribution in [0.25, 0.3) is 0 Å². The van der Waals surface area contributed by atoms with E-state index in [1.807, 2.05) is 11.5 Å². The van der Waals surface area contributed by atoms with Gasteiger partial charge in [0, 0.05) is 36.3 Å². The number of anilines is 1. The molecular weight excluding hydrogens is 521 g/mol. The zero-order valence-electron chi connectivity index (χ0n) is 20.8. The predicted molar refractivity (Wildman–Crippen MR) is 138 cm³/mol. The Morgan fingerprint density at radius 1 is 1.16 bits per heavy atom. The van der Waals surface area contributed by atoms with E-state index in [9.17, 15) is 27.6 Å². The molecule has 4 rings (SSSR count). The molecule has 7 nitrogen and oxygen atoms in total. The lowest BCUT2D eigenvalue weighted by Gasteiger charge is -2.27. The van der Waals surface area contributed by atoms with E-state index in [0.717, 1.165) is 23.5 Å². The van der Waals surface area contributed by atoms with Crippen LogP contribution in [0, 0.1) is 0 Å². The number of Topliss-reactive ketones (excluding diaryl/α,β-unsaturated/α-hetero) is 1. The lowest BCUT2D eigenvalue weighted by Crippen LogP contribution is -2.38. The van der Waals surface area contributed by atoms with Crippen LogP contribution in [-0.2, 0) is 30.5 Å². The average molecular weight is 547 g/mol. The van der Waals surface area contributed by atoms with Crippen molar-refractivity contribution in [2.75, 3.05) is 11.9 Å². The Bertz CT molecular complexity index is 1370. The van der Waals surface area contributed by atoms with Crippen molar-refractivity contribution in [1.82, 2.24) is 14.5 Å². The Balaban J connectivity index is 0.000000221. The number of carbonyl (C=O) groups excluding carboxylic acids is 3. The van der Waals surface area contributed by atoms with Gasteiger partial charge in [0.15, 0.2) is 5.78 Å². The molecule has 0 atom stereocenters. The first-order valence-corrected chi connectivity index (χ1v) is 12.1. The van der Waals surface area contributed by atoms with Crippen molar-refractivity contribution in [1.29, 1.82) is 0 Å².